The van der Waals surface area contributed by atoms with E-state index in [4.69, 9.17) is 16.3 Å². The number of carbonyl (C=O) groups is 1. The monoisotopic (exact) mass is 373 g/mol. The first-order chi connectivity index (χ1) is 12.7. The van der Waals surface area contributed by atoms with Gasteiger partial charge < -0.3 is 15.4 Å². The fourth-order valence-corrected chi connectivity index (χ4v) is 3.06. The predicted octanol–water partition coefficient (Wildman–Crippen LogP) is 3.54. The van der Waals surface area contributed by atoms with Crippen molar-refractivity contribution in [1.29, 1.82) is 0 Å². The van der Waals surface area contributed by atoms with Gasteiger partial charge in [0.05, 0.1) is 13.2 Å². The van der Waals surface area contributed by atoms with E-state index in [1.165, 1.54) is 5.56 Å². The summed E-state index contributed by atoms with van der Waals surface area (Å²) in [4.78, 5) is 14.4. The largest absolute Gasteiger partial charge is 0.379 e. The van der Waals surface area contributed by atoms with Crippen LogP contribution in [-0.4, -0.2) is 43.8 Å². The number of urea groups is 1. The second-order valence-electron chi connectivity index (χ2n) is 6.30. The van der Waals surface area contributed by atoms with Crippen LogP contribution in [-0.2, 0) is 17.7 Å². The molecule has 0 bridgehead atoms. The summed E-state index contributed by atoms with van der Waals surface area (Å²) in [6.07, 6.45) is 0.999. The van der Waals surface area contributed by atoms with Crippen LogP contribution in [0.15, 0.2) is 48.5 Å². The van der Waals surface area contributed by atoms with Crippen molar-refractivity contribution in [3.8, 4) is 0 Å². The zero-order valence-corrected chi connectivity index (χ0v) is 15.5. The Morgan fingerprint density at radius 2 is 1.81 bits per heavy atom. The molecule has 0 radical (unpaired) electrons. The molecule has 1 heterocycles. The van der Waals surface area contributed by atoms with Crippen LogP contribution in [0, 0.1) is 0 Å². The summed E-state index contributed by atoms with van der Waals surface area (Å²) in [5.41, 5.74) is 2.93. The van der Waals surface area contributed by atoms with Gasteiger partial charge in [0.2, 0.25) is 0 Å². The van der Waals surface area contributed by atoms with Crippen LogP contribution in [0.4, 0.5) is 10.5 Å². The topological polar surface area (TPSA) is 53.6 Å². The molecule has 0 spiro atoms. The maximum atomic E-state index is 12.0. The van der Waals surface area contributed by atoms with Gasteiger partial charge in [-0.2, -0.15) is 0 Å². The van der Waals surface area contributed by atoms with E-state index in [9.17, 15) is 4.79 Å². The first kappa shape index (κ1) is 18.7. The lowest BCUT2D eigenvalue weighted by atomic mass is 10.1. The molecule has 1 fully saturated rings. The van der Waals surface area contributed by atoms with Gasteiger partial charge in [0.1, 0.15) is 0 Å². The number of carbonyl (C=O) groups excluding carboxylic acids is 1. The highest BCUT2D eigenvalue weighted by Gasteiger charge is 2.10. The number of nitrogens with one attached hydrogen (secondary N) is 2. The van der Waals surface area contributed by atoms with Gasteiger partial charge in [0.15, 0.2) is 0 Å². The number of rotatable bonds is 6. The summed E-state index contributed by atoms with van der Waals surface area (Å²) in [5.74, 6) is 0. The number of nitrogens with zero attached hydrogens (tertiary/aromatic N) is 1. The number of amides is 2. The fourth-order valence-electron chi connectivity index (χ4n) is 2.86. The second kappa shape index (κ2) is 9.57. The van der Waals surface area contributed by atoms with Crippen LogP contribution in [0.2, 0.25) is 5.02 Å². The molecule has 5 nitrogen and oxygen atoms in total. The molecule has 2 amide bonds. The van der Waals surface area contributed by atoms with Crippen LogP contribution in [0.3, 0.4) is 0 Å². The van der Waals surface area contributed by atoms with Crippen molar-refractivity contribution < 1.29 is 9.53 Å². The smallest absolute Gasteiger partial charge is 0.319 e. The van der Waals surface area contributed by atoms with Gasteiger partial charge in [-0.25, -0.2) is 4.79 Å². The average Bonchev–Trinajstić information content (AvgIpc) is 2.68. The Morgan fingerprint density at radius 1 is 1.08 bits per heavy atom. The summed E-state index contributed by atoms with van der Waals surface area (Å²) in [5, 5.41) is 6.31. The van der Waals surface area contributed by atoms with Crippen molar-refractivity contribution in [2.24, 2.45) is 0 Å². The van der Waals surface area contributed by atoms with E-state index in [1.807, 2.05) is 36.4 Å². The second-order valence-corrected chi connectivity index (χ2v) is 6.71. The van der Waals surface area contributed by atoms with Crippen molar-refractivity contribution in [2.75, 3.05) is 38.2 Å². The fraction of sp³-hybridized carbons (Fsp3) is 0.350. The highest BCUT2D eigenvalue weighted by atomic mass is 35.5. The van der Waals surface area contributed by atoms with Crippen molar-refractivity contribution in [2.45, 2.75) is 13.0 Å². The SMILES string of the molecule is O=C(NCc1ccccc1Cl)Nc1ccc(CCN2CCOCC2)cc1. The lowest BCUT2D eigenvalue weighted by Gasteiger charge is -2.26. The zero-order valence-electron chi connectivity index (χ0n) is 14.7. The summed E-state index contributed by atoms with van der Waals surface area (Å²) in [6.45, 7) is 5.09. The average molecular weight is 374 g/mol. The van der Waals surface area contributed by atoms with E-state index < -0.39 is 0 Å². The Kier molecular flexibility index (Phi) is 6.89. The Morgan fingerprint density at radius 3 is 2.54 bits per heavy atom. The molecule has 2 N–H and O–H groups in total. The van der Waals surface area contributed by atoms with Crippen molar-refractivity contribution >= 4 is 23.3 Å². The molecule has 0 atom stereocenters. The maximum absolute atomic E-state index is 12.0. The molecule has 2 aromatic rings. The number of anilines is 1. The highest BCUT2D eigenvalue weighted by Crippen LogP contribution is 2.15. The standard InChI is InChI=1S/C20H24ClN3O2/c21-19-4-2-1-3-17(19)15-22-20(25)23-18-7-5-16(6-8-18)9-10-24-11-13-26-14-12-24/h1-8H,9-15H2,(H2,22,23,25). The molecule has 0 saturated carbocycles. The van der Waals surface area contributed by atoms with E-state index in [0.717, 1.165) is 50.5 Å². The van der Waals surface area contributed by atoms with Crippen LogP contribution in [0.1, 0.15) is 11.1 Å². The molecule has 6 heteroatoms. The highest BCUT2D eigenvalue weighted by molar-refractivity contribution is 6.31. The number of benzene rings is 2. The summed E-state index contributed by atoms with van der Waals surface area (Å²) in [6, 6.07) is 15.2. The first-order valence-corrected chi connectivity index (χ1v) is 9.26. The minimum Gasteiger partial charge on any atom is -0.379 e. The van der Waals surface area contributed by atoms with Gasteiger partial charge in [0, 0.05) is 36.9 Å². The Labute approximate surface area is 159 Å². The zero-order chi connectivity index (χ0) is 18.2. The summed E-state index contributed by atoms with van der Waals surface area (Å²) >= 11 is 6.09. The third kappa shape index (κ3) is 5.73. The van der Waals surface area contributed by atoms with Crippen LogP contribution >= 0.6 is 11.6 Å². The van der Waals surface area contributed by atoms with E-state index in [0.29, 0.717) is 11.6 Å². The van der Waals surface area contributed by atoms with Crippen LogP contribution in [0.5, 0.6) is 0 Å². The molecule has 3 rings (SSSR count). The van der Waals surface area contributed by atoms with E-state index in [1.54, 1.807) is 0 Å². The third-order valence-electron chi connectivity index (χ3n) is 4.43. The van der Waals surface area contributed by atoms with Crippen molar-refractivity contribution in [1.82, 2.24) is 10.2 Å². The number of ether oxygens (including phenoxy) is 1. The third-order valence-corrected chi connectivity index (χ3v) is 4.80. The molecule has 2 aromatic carbocycles. The van der Waals surface area contributed by atoms with Gasteiger partial charge in [-0.05, 0) is 35.7 Å². The molecular weight excluding hydrogens is 350 g/mol. The van der Waals surface area contributed by atoms with E-state index in [-0.39, 0.29) is 6.03 Å². The molecular formula is C20H24ClN3O2. The van der Waals surface area contributed by atoms with Gasteiger partial charge in [0.25, 0.3) is 0 Å². The molecule has 1 saturated heterocycles. The minimum atomic E-state index is -0.244. The quantitative estimate of drug-likeness (QED) is 0.814. The van der Waals surface area contributed by atoms with Gasteiger partial charge >= 0.3 is 6.03 Å². The molecule has 0 aromatic heterocycles. The number of halogens is 1. The molecule has 0 unspecified atom stereocenters. The molecule has 138 valence electrons. The number of morpholine rings is 1. The van der Waals surface area contributed by atoms with Crippen LogP contribution in [0.25, 0.3) is 0 Å². The van der Waals surface area contributed by atoms with Gasteiger partial charge in [-0.1, -0.05) is 41.9 Å². The van der Waals surface area contributed by atoms with Crippen LogP contribution < -0.4 is 10.6 Å². The van der Waals surface area contributed by atoms with Gasteiger partial charge in [-0.3, -0.25) is 4.90 Å². The Balaban J connectivity index is 1.43. The summed E-state index contributed by atoms with van der Waals surface area (Å²) < 4.78 is 5.36. The predicted molar refractivity (Wildman–Crippen MR) is 105 cm³/mol. The lowest BCUT2D eigenvalue weighted by Crippen LogP contribution is -2.37. The van der Waals surface area contributed by atoms with E-state index in [2.05, 4.69) is 27.7 Å². The lowest BCUT2D eigenvalue weighted by molar-refractivity contribution is 0.0384. The summed E-state index contributed by atoms with van der Waals surface area (Å²) in [7, 11) is 0. The molecule has 26 heavy (non-hydrogen) atoms. The normalized spacial score (nSPS) is 14.8. The molecule has 1 aliphatic rings. The minimum absolute atomic E-state index is 0.244. The Hall–Kier alpha value is -2.08. The molecule has 1 aliphatic heterocycles. The Bertz CT molecular complexity index is 715. The number of hydrogen-bond acceptors (Lipinski definition) is 3. The van der Waals surface area contributed by atoms with E-state index >= 15 is 0 Å². The first-order valence-electron chi connectivity index (χ1n) is 8.88. The molecule has 0 aliphatic carbocycles. The van der Waals surface area contributed by atoms with Gasteiger partial charge in [-0.15, -0.1) is 0 Å². The van der Waals surface area contributed by atoms with Crippen molar-refractivity contribution in [3.63, 3.8) is 0 Å². The van der Waals surface area contributed by atoms with Crippen molar-refractivity contribution in [3.05, 3.63) is 64.7 Å². The number of hydrogen-bond donors (Lipinski definition) is 2. The maximum Gasteiger partial charge on any atom is 0.319 e.